The van der Waals surface area contributed by atoms with E-state index < -0.39 is 0 Å². The maximum absolute atomic E-state index is 11.9. The molecule has 0 fully saturated rings. The lowest BCUT2D eigenvalue weighted by Crippen LogP contribution is -2.12. The van der Waals surface area contributed by atoms with Crippen LogP contribution in [0.5, 0.6) is 0 Å². The second-order valence-electron chi connectivity index (χ2n) is 4.47. The number of alkyl halides is 1. The maximum Gasteiger partial charge on any atom is 0.308 e. The predicted molar refractivity (Wildman–Crippen MR) is 83.1 cm³/mol. The van der Waals surface area contributed by atoms with Gasteiger partial charge < -0.3 is 0 Å². The molecule has 1 aromatic carbocycles. The quantitative estimate of drug-likeness (QED) is 0.729. The zero-order chi connectivity index (χ0) is 13.0. The van der Waals surface area contributed by atoms with E-state index in [2.05, 4.69) is 41.1 Å². The summed E-state index contributed by atoms with van der Waals surface area (Å²) in [5.74, 6) is 0. The second-order valence-corrected chi connectivity index (χ2v) is 6.25. The van der Waals surface area contributed by atoms with Crippen LogP contribution in [-0.4, -0.2) is 9.90 Å². The zero-order valence-electron chi connectivity index (χ0n) is 10.6. The molecule has 0 unspecified atom stereocenters. The monoisotopic (exact) mass is 327 g/mol. The topological polar surface area (TPSA) is 22.0 Å². The van der Waals surface area contributed by atoms with Gasteiger partial charge in [0.25, 0.3) is 0 Å². The molecule has 0 aliphatic carbocycles. The van der Waals surface area contributed by atoms with Crippen LogP contribution in [0.2, 0.25) is 0 Å². The van der Waals surface area contributed by atoms with Crippen LogP contribution in [0.15, 0.2) is 23.0 Å². The lowest BCUT2D eigenvalue weighted by Gasteiger charge is -2.03. The summed E-state index contributed by atoms with van der Waals surface area (Å²) in [6, 6.07) is 6.45. The molecule has 2 nitrogen and oxygen atoms in total. The van der Waals surface area contributed by atoms with Crippen molar-refractivity contribution in [3.8, 4) is 0 Å². The Morgan fingerprint density at radius 3 is 2.89 bits per heavy atom. The molecule has 4 heteroatoms. The number of aromatic nitrogens is 1. The largest absolute Gasteiger partial charge is 0.308 e. The van der Waals surface area contributed by atoms with Crippen molar-refractivity contribution in [2.24, 2.45) is 0 Å². The molecule has 1 aromatic heterocycles. The van der Waals surface area contributed by atoms with Gasteiger partial charge in [0.2, 0.25) is 0 Å². The third kappa shape index (κ3) is 3.04. The molecule has 0 atom stereocenters. The summed E-state index contributed by atoms with van der Waals surface area (Å²) in [7, 11) is 0. The Hall–Kier alpha value is -0.610. The van der Waals surface area contributed by atoms with Crippen LogP contribution >= 0.6 is 27.3 Å². The first-order valence-electron chi connectivity index (χ1n) is 6.44. The first kappa shape index (κ1) is 13.8. The van der Waals surface area contributed by atoms with Crippen LogP contribution in [0.4, 0.5) is 0 Å². The standard InChI is InChI=1S/C14H18BrNOS/c1-2-3-5-11-6-7-12-13(10-11)18-14(17)16(12)9-4-8-15/h6-7,10H,2-5,8-9H2,1H3. The number of halogens is 1. The Morgan fingerprint density at radius 1 is 1.33 bits per heavy atom. The molecule has 0 aliphatic rings. The number of unbranched alkanes of at least 4 members (excludes halogenated alkanes) is 1. The van der Waals surface area contributed by atoms with E-state index in [0.29, 0.717) is 0 Å². The maximum atomic E-state index is 11.9. The predicted octanol–water partition coefficient (Wildman–Crippen LogP) is 4.19. The highest BCUT2D eigenvalue weighted by Gasteiger charge is 2.07. The Balaban J connectivity index is 2.32. The highest BCUT2D eigenvalue weighted by Crippen LogP contribution is 2.20. The van der Waals surface area contributed by atoms with Crippen LogP contribution in [0, 0.1) is 0 Å². The Bertz CT molecular complexity index is 573. The van der Waals surface area contributed by atoms with E-state index >= 15 is 0 Å². The van der Waals surface area contributed by atoms with Crippen LogP contribution < -0.4 is 4.87 Å². The van der Waals surface area contributed by atoms with Crippen LogP contribution in [0.25, 0.3) is 10.2 Å². The minimum atomic E-state index is 0.165. The fraction of sp³-hybridized carbons (Fsp3) is 0.500. The smallest absolute Gasteiger partial charge is 0.299 e. The van der Waals surface area contributed by atoms with Crippen LogP contribution in [-0.2, 0) is 13.0 Å². The van der Waals surface area contributed by atoms with E-state index in [9.17, 15) is 4.79 Å². The van der Waals surface area contributed by atoms with E-state index in [4.69, 9.17) is 0 Å². The first-order chi connectivity index (χ1) is 8.76. The van der Waals surface area contributed by atoms with Gasteiger partial charge in [-0.2, -0.15) is 0 Å². The molecule has 0 spiro atoms. The van der Waals surface area contributed by atoms with Gasteiger partial charge in [-0.15, -0.1) is 0 Å². The van der Waals surface area contributed by atoms with Gasteiger partial charge >= 0.3 is 4.87 Å². The van der Waals surface area contributed by atoms with Crippen LogP contribution in [0.3, 0.4) is 0 Å². The number of thiazole rings is 1. The van der Waals surface area contributed by atoms with Crippen molar-refractivity contribution >= 4 is 37.5 Å². The summed E-state index contributed by atoms with van der Waals surface area (Å²) in [4.78, 5) is 12.1. The molecule has 98 valence electrons. The molecule has 0 saturated carbocycles. The molecule has 0 aliphatic heterocycles. The molecular weight excluding hydrogens is 310 g/mol. The Kier molecular flexibility index (Phi) is 5.01. The van der Waals surface area contributed by atoms with Gasteiger partial charge in [-0.1, -0.05) is 46.7 Å². The molecule has 18 heavy (non-hydrogen) atoms. The van der Waals surface area contributed by atoms with Gasteiger partial charge in [0, 0.05) is 11.9 Å². The molecule has 0 N–H and O–H groups in total. The van der Waals surface area contributed by atoms with Crippen molar-refractivity contribution in [3.05, 3.63) is 33.4 Å². The van der Waals surface area contributed by atoms with E-state index in [1.165, 1.54) is 29.7 Å². The van der Waals surface area contributed by atoms with Crippen LogP contribution in [0.1, 0.15) is 31.7 Å². The van der Waals surface area contributed by atoms with Crippen molar-refractivity contribution in [3.63, 3.8) is 0 Å². The third-order valence-electron chi connectivity index (χ3n) is 3.07. The van der Waals surface area contributed by atoms with E-state index in [1.807, 2.05) is 4.57 Å². The van der Waals surface area contributed by atoms with Gasteiger partial charge in [-0.3, -0.25) is 9.36 Å². The number of hydrogen-bond acceptors (Lipinski definition) is 2. The highest BCUT2D eigenvalue weighted by molar-refractivity contribution is 9.09. The highest BCUT2D eigenvalue weighted by atomic mass is 79.9. The molecule has 0 radical (unpaired) electrons. The summed E-state index contributed by atoms with van der Waals surface area (Å²) in [5.41, 5.74) is 2.43. The average molecular weight is 328 g/mol. The summed E-state index contributed by atoms with van der Waals surface area (Å²) in [6.45, 7) is 3.01. The second kappa shape index (κ2) is 6.53. The summed E-state index contributed by atoms with van der Waals surface area (Å²) in [5, 5.41) is 0.936. The van der Waals surface area contributed by atoms with E-state index in [0.717, 1.165) is 34.9 Å². The molecule has 2 rings (SSSR count). The van der Waals surface area contributed by atoms with Gasteiger partial charge in [0.05, 0.1) is 10.2 Å². The van der Waals surface area contributed by atoms with Gasteiger partial charge in [0.1, 0.15) is 0 Å². The molecule has 0 amide bonds. The van der Waals surface area contributed by atoms with Crippen molar-refractivity contribution in [1.29, 1.82) is 0 Å². The molecule has 0 saturated heterocycles. The number of rotatable bonds is 6. The molecule has 1 heterocycles. The minimum Gasteiger partial charge on any atom is -0.299 e. The first-order valence-corrected chi connectivity index (χ1v) is 8.38. The molecule has 2 aromatic rings. The molecule has 0 bridgehead atoms. The lowest BCUT2D eigenvalue weighted by atomic mass is 10.1. The van der Waals surface area contributed by atoms with Gasteiger partial charge in [-0.25, -0.2) is 0 Å². The average Bonchev–Trinajstić information content (AvgIpc) is 2.68. The Morgan fingerprint density at radius 2 is 2.17 bits per heavy atom. The van der Waals surface area contributed by atoms with Gasteiger partial charge in [-0.05, 0) is 37.0 Å². The number of hydrogen-bond donors (Lipinski definition) is 0. The summed E-state index contributed by atoms with van der Waals surface area (Å²) in [6.07, 6.45) is 4.52. The summed E-state index contributed by atoms with van der Waals surface area (Å²) < 4.78 is 3.02. The van der Waals surface area contributed by atoms with Gasteiger partial charge in [0.15, 0.2) is 0 Å². The number of fused-ring (bicyclic) bond motifs is 1. The number of benzene rings is 1. The fourth-order valence-corrected chi connectivity index (χ4v) is 3.31. The lowest BCUT2D eigenvalue weighted by molar-refractivity contribution is 0.698. The number of aryl methyl sites for hydroxylation is 2. The minimum absolute atomic E-state index is 0.165. The van der Waals surface area contributed by atoms with Crippen molar-refractivity contribution in [2.45, 2.75) is 39.2 Å². The van der Waals surface area contributed by atoms with Crippen molar-refractivity contribution in [1.82, 2.24) is 4.57 Å². The van der Waals surface area contributed by atoms with Crippen molar-refractivity contribution < 1.29 is 0 Å². The third-order valence-corrected chi connectivity index (χ3v) is 4.57. The van der Waals surface area contributed by atoms with E-state index in [1.54, 1.807) is 0 Å². The normalized spacial score (nSPS) is 11.2. The SMILES string of the molecule is CCCCc1ccc2c(c1)sc(=O)n2CCCBr. The van der Waals surface area contributed by atoms with Crippen molar-refractivity contribution in [2.75, 3.05) is 5.33 Å². The van der Waals surface area contributed by atoms with E-state index in [-0.39, 0.29) is 4.87 Å². The molecular formula is C14H18BrNOS. The fourth-order valence-electron chi connectivity index (χ4n) is 2.08. The Labute approximate surface area is 120 Å². The summed E-state index contributed by atoms with van der Waals surface area (Å²) >= 11 is 4.78. The number of nitrogens with zero attached hydrogens (tertiary/aromatic N) is 1. The zero-order valence-corrected chi connectivity index (χ0v) is 13.0.